The van der Waals surface area contributed by atoms with Crippen LogP contribution >= 0.6 is 0 Å². The van der Waals surface area contributed by atoms with Crippen molar-refractivity contribution >= 4 is 0 Å². The molecule has 0 radical (unpaired) electrons. The molecule has 2 saturated carbocycles. The van der Waals surface area contributed by atoms with E-state index >= 15 is 0 Å². The van der Waals surface area contributed by atoms with Gasteiger partial charge in [0.2, 0.25) is 0 Å². The van der Waals surface area contributed by atoms with E-state index in [9.17, 15) is 10.2 Å². The van der Waals surface area contributed by atoms with E-state index in [4.69, 9.17) is 0 Å². The molecule has 3 nitrogen and oxygen atoms in total. The summed E-state index contributed by atoms with van der Waals surface area (Å²) in [6.45, 7) is 3.47. The molecule has 1 saturated heterocycles. The van der Waals surface area contributed by atoms with Crippen LogP contribution in [0.25, 0.3) is 0 Å². The second kappa shape index (κ2) is 5.34. The second-order valence-corrected chi connectivity index (χ2v) is 7.40. The molecule has 2 unspecified atom stereocenters. The molecule has 3 aliphatic rings. The van der Waals surface area contributed by atoms with Crippen molar-refractivity contribution in [1.29, 1.82) is 0 Å². The first-order chi connectivity index (χ1) is 9.16. The zero-order valence-corrected chi connectivity index (χ0v) is 12.1. The van der Waals surface area contributed by atoms with Gasteiger partial charge in [-0.2, -0.15) is 0 Å². The van der Waals surface area contributed by atoms with Crippen molar-refractivity contribution in [2.24, 2.45) is 11.3 Å². The SMILES string of the molecule is OCC1(CN2CCC3(O)CCCCC3C2)CCCC1. The first kappa shape index (κ1) is 13.8. The zero-order valence-electron chi connectivity index (χ0n) is 12.1. The quantitative estimate of drug-likeness (QED) is 0.823. The van der Waals surface area contributed by atoms with Gasteiger partial charge in [-0.3, -0.25) is 0 Å². The van der Waals surface area contributed by atoms with Gasteiger partial charge in [-0.05, 0) is 32.1 Å². The van der Waals surface area contributed by atoms with E-state index in [0.29, 0.717) is 12.5 Å². The van der Waals surface area contributed by atoms with Crippen molar-refractivity contribution < 1.29 is 10.2 Å². The minimum Gasteiger partial charge on any atom is -0.396 e. The summed E-state index contributed by atoms with van der Waals surface area (Å²) in [6.07, 6.45) is 10.6. The maximum Gasteiger partial charge on any atom is 0.0700 e. The summed E-state index contributed by atoms with van der Waals surface area (Å²) < 4.78 is 0. The number of hydrogen-bond donors (Lipinski definition) is 2. The van der Waals surface area contributed by atoms with Gasteiger partial charge in [-0.15, -0.1) is 0 Å². The number of aliphatic hydroxyl groups excluding tert-OH is 1. The number of fused-ring (bicyclic) bond motifs is 1. The topological polar surface area (TPSA) is 43.7 Å². The molecule has 0 amide bonds. The number of likely N-dealkylation sites (tertiary alicyclic amines) is 1. The van der Waals surface area contributed by atoms with Crippen LogP contribution in [-0.4, -0.2) is 47.0 Å². The van der Waals surface area contributed by atoms with Crippen molar-refractivity contribution in [3.8, 4) is 0 Å². The van der Waals surface area contributed by atoms with E-state index in [0.717, 1.165) is 32.5 Å². The van der Waals surface area contributed by atoms with Gasteiger partial charge < -0.3 is 15.1 Å². The van der Waals surface area contributed by atoms with Crippen LogP contribution in [0.3, 0.4) is 0 Å². The first-order valence-corrected chi connectivity index (χ1v) is 8.22. The fourth-order valence-electron chi connectivity index (χ4n) is 4.75. The van der Waals surface area contributed by atoms with Crippen LogP contribution in [-0.2, 0) is 0 Å². The average Bonchev–Trinajstić information content (AvgIpc) is 2.88. The molecular weight excluding hydrogens is 238 g/mol. The molecule has 1 aliphatic heterocycles. The summed E-state index contributed by atoms with van der Waals surface area (Å²) in [5.74, 6) is 0.479. The van der Waals surface area contributed by atoms with Crippen molar-refractivity contribution in [1.82, 2.24) is 4.90 Å². The number of aliphatic hydroxyl groups is 2. The predicted molar refractivity (Wildman–Crippen MR) is 76.0 cm³/mol. The van der Waals surface area contributed by atoms with Crippen LogP contribution in [0.5, 0.6) is 0 Å². The Balaban J connectivity index is 1.61. The molecule has 19 heavy (non-hydrogen) atoms. The number of hydrogen-bond acceptors (Lipinski definition) is 3. The van der Waals surface area contributed by atoms with Crippen LogP contribution < -0.4 is 0 Å². The van der Waals surface area contributed by atoms with E-state index in [1.165, 1.54) is 44.9 Å². The highest BCUT2D eigenvalue weighted by Gasteiger charge is 2.44. The van der Waals surface area contributed by atoms with Gasteiger partial charge in [0.25, 0.3) is 0 Å². The first-order valence-electron chi connectivity index (χ1n) is 8.22. The lowest BCUT2D eigenvalue weighted by Gasteiger charge is -2.49. The summed E-state index contributed by atoms with van der Waals surface area (Å²) in [6, 6.07) is 0. The molecule has 0 spiro atoms. The lowest BCUT2D eigenvalue weighted by molar-refractivity contribution is -0.102. The van der Waals surface area contributed by atoms with E-state index in [1.54, 1.807) is 0 Å². The van der Waals surface area contributed by atoms with Crippen LogP contribution in [0.4, 0.5) is 0 Å². The third kappa shape index (κ3) is 2.70. The normalized spacial score (nSPS) is 39.2. The van der Waals surface area contributed by atoms with Gasteiger partial charge in [0, 0.05) is 37.6 Å². The fraction of sp³-hybridized carbons (Fsp3) is 1.00. The van der Waals surface area contributed by atoms with Crippen molar-refractivity contribution in [3.63, 3.8) is 0 Å². The van der Waals surface area contributed by atoms with Crippen LogP contribution in [0.1, 0.15) is 57.8 Å². The molecule has 3 rings (SSSR count). The van der Waals surface area contributed by atoms with Crippen LogP contribution in [0.15, 0.2) is 0 Å². The van der Waals surface area contributed by atoms with Gasteiger partial charge in [0.05, 0.1) is 5.60 Å². The molecule has 1 heterocycles. The highest BCUT2D eigenvalue weighted by atomic mass is 16.3. The van der Waals surface area contributed by atoms with Gasteiger partial charge in [0.1, 0.15) is 0 Å². The number of piperidine rings is 1. The Morgan fingerprint density at radius 1 is 1.00 bits per heavy atom. The van der Waals surface area contributed by atoms with E-state index in [2.05, 4.69) is 4.90 Å². The molecule has 110 valence electrons. The summed E-state index contributed by atoms with van der Waals surface area (Å²) in [5, 5.41) is 20.5. The highest BCUT2D eigenvalue weighted by molar-refractivity contribution is 4.97. The molecular formula is C16H29NO2. The summed E-state index contributed by atoms with van der Waals surface area (Å²) >= 11 is 0. The standard InChI is InChI=1S/C16H29NO2/c18-13-15(6-3-4-7-15)12-17-10-9-16(19)8-2-1-5-14(16)11-17/h14,18-19H,1-13H2. The molecule has 0 aromatic rings. The second-order valence-electron chi connectivity index (χ2n) is 7.40. The summed E-state index contributed by atoms with van der Waals surface area (Å²) in [7, 11) is 0. The monoisotopic (exact) mass is 267 g/mol. The van der Waals surface area contributed by atoms with E-state index in [1.807, 2.05) is 0 Å². The largest absolute Gasteiger partial charge is 0.396 e. The summed E-state index contributed by atoms with van der Waals surface area (Å²) in [4.78, 5) is 2.53. The van der Waals surface area contributed by atoms with Gasteiger partial charge in [-0.1, -0.05) is 25.7 Å². The fourth-order valence-corrected chi connectivity index (χ4v) is 4.75. The molecule has 3 heteroatoms. The smallest absolute Gasteiger partial charge is 0.0700 e. The zero-order chi connectivity index (χ0) is 13.3. The Labute approximate surface area is 117 Å². The van der Waals surface area contributed by atoms with Crippen LogP contribution in [0, 0.1) is 11.3 Å². The van der Waals surface area contributed by atoms with Crippen molar-refractivity contribution in [2.75, 3.05) is 26.2 Å². The Hall–Kier alpha value is -0.120. The molecule has 2 atom stereocenters. The third-order valence-electron chi connectivity index (χ3n) is 6.07. The molecule has 0 bridgehead atoms. The Bertz CT molecular complexity index is 314. The lowest BCUT2D eigenvalue weighted by Crippen LogP contribution is -2.55. The maximum atomic E-state index is 10.7. The maximum absolute atomic E-state index is 10.7. The minimum absolute atomic E-state index is 0.171. The van der Waals surface area contributed by atoms with E-state index in [-0.39, 0.29) is 11.0 Å². The average molecular weight is 267 g/mol. The Kier molecular flexibility index (Phi) is 3.89. The number of rotatable bonds is 3. The van der Waals surface area contributed by atoms with Crippen molar-refractivity contribution in [3.05, 3.63) is 0 Å². The third-order valence-corrected chi connectivity index (χ3v) is 6.07. The van der Waals surface area contributed by atoms with Crippen molar-refractivity contribution in [2.45, 2.75) is 63.4 Å². The molecule has 2 aliphatic carbocycles. The van der Waals surface area contributed by atoms with Gasteiger partial charge in [-0.25, -0.2) is 0 Å². The van der Waals surface area contributed by atoms with Gasteiger partial charge in [0.15, 0.2) is 0 Å². The Morgan fingerprint density at radius 2 is 1.74 bits per heavy atom. The predicted octanol–water partition coefficient (Wildman–Crippen LogP) is 2.17. The highest BCUT2D eigenvalue weighted by Crippen LogP contribution is 2.43. The minimum atomic E-state index is -0.364. The Morgan fingerprint density at radius 3 is 2.47 bits per heavy atom. The molecule has 2 N–H and O–H groups in total. The summed E-state index contributed by atoms with van der Waals surface area (Å²) in [5.41, 5.74) is -0.194. The van der Waals surface area contributed by atoms with Crippen LogP contribution in [0.2, 0.25) is 0 Å². The molecule has 0 aromatic carbocycles. The molecule has 0 aromatic heterocycles. The number of nitrogens with zero attached hydrogens (tertiary/aromatic N) is 1. The lowest BCUT2D eigenvalue weighted by atomic mass is 9.71. The van der Waals surface area contributed by atoms with Gasteiger partial charge >= 0.3 is 0 Å². The van der Waals surface area contributed by atoms with E-state index < -0.39 is 0 Å². The molecule has 3 fully saturated rings.